The number of halogens is 2. The Morgan fingerprint density at radius 1 is 1.20 bits per heavy atom. The molecule has 2 heterocycles. The summed E-state index contributed by atoms with van der Waals surface area (Å²) in [5.41, 5.74) is 1.34. The predicted octanol–water partition coefficient (Wildman–Crippen LogP) is 5.34. The van der Waals surface area contributed by atoms with Gasteiger partial charge in [0.2, 0.25) is 5.78 Å². The first-order valence-corrected chi connectivity index (χ1v) is 10.2. The molecule has 0 radical (unpaired) electrons. The smallest absolute Gasteiger partial charge is 0.294 e. The van der Waals surface area contributed by atoms with Crippen molar-refractivity contribution in [1.29, 1.82) is 0 Å². The first-order chi connectivity index (χ1) is 14.3. The number of aliphatic hydroxyl groups is 1. The Bertz CT molecular complexity index is 1200. The van der Waals surface area contributed by atoms with Crippen LogP contribution in [0.15, 0.2) is 59.9 Å². The van der Waals surface area contributed by atoms with Gasteiger partial charge in [-0.2, -0.15) is 0 Å². The molecule has 0 saturated carbocycles. The predicted molar refractivity (Wildman–Crippen MR) is 114 cm³/mol. The molecule has 1 aliphatic rings. The van der Waals surface area contributed by atoms with Crippen LogP contribution in [0, 0.1) is 19.7 Å². The topological polar surface area (TPSA) is 70.5 Å². The molecule has 1 N–H and O–H groups in total. The number of aromatic nitrogens is 1. The molecule has 0 fully saturated rings. The van der Waals surface area contributed by atoms with Crippen molar-refractivity contribution in [1.82, 2.24) is 4.98 Å². The zero-order valence-corrected chi connectivity index (χ0v) is 17.6. The van der Waals surface area contributed by atoms with Gasteiger partial charge in [-0.1, -0.05) is 29.8 Å². The van der Waals surface area contributed by atoms with Crippen molar-refractivity contribution in [2.24, 2.45) is 0 Å². The second kappa shape index (κ2) is 7.66. The number of Topliss-reactive ketones (excluding diaryl/α,β-unsaturated/α-hetero) is 1. The average molecular weight is 443 g/mol. The van der Waals surface area contributed by atoms with Gasteiger partial charge in [-0.05, 0) is 49.7 Å². The highest BCUT2D eigenvalue weighted by Gasteiger charge is 2.45. The van der Waals surface area contributed by atoms with Crippen LogP contribution in [0.4, 0.5) is 10.1 Å². The molecular formula is C22H16ClFN2O3S. The van der Waals surface area contributed by atoms with Gasteiger partial charge < -0.3 is 5.11 Å². The largest absolute Gasteiger partial charge is 0.503 e. The van der Waals surface area contributed by atoms with Crippen molar-refractivity contribution >= 4 is 40.3 Å². The van der Waals surface area contributed by atoms with Gasteiger partial charge in [-0.15, -0.1) is 11.3 Å². The number of nitrogens with zero attached hydrogens (tertiary/aromatic N) is 2. The van der Waals surface area contributed by atoms with Gasteiger partial charge in [0.25, 0.3) is 5.91 Å². The number of aryl methyl sites for hydroxylation is 2. The number of rotatable bonds is 4. The average Bonchev–Trinajstić information content (AvgIpc) is 3.18. The fourth-order valence-corrected chi connectivity index (χ4v) is 4.61. The summed E-state index contributed by atoms with van der Waals surface area (Å²) in [6, 6.07) is 11.1. The lowest BCUT2D eigenvalue weighted by atomic mass is 9.95. The van der Waals surface area contributed by atoms with E-state index >= 15 is 0 Å². The monoisotopic (exact) mass is 442 g/mol. The van der Waals surface area contributed by atoms with E-state index in [1.54, 1.807) is 38.1 Å². The van der Waals surface area contributed by atoms with E-state index in [1.165, 1.54) is 40.5 Å². The summed E-state index contributed by atoms with van der Waals surface area (Å²) in [5, 5.41) is 11.8. The second-order valence-corrected chi connectivity index (χ2v) is 8.49. The molecular weight excluding hydrogens is 427 g/mol. The quantitative estimate of drug-likeness (QED) is 0.554. The molecule has 1 unspecified atom stereocenters. The molecule has 152 valence electrons. The van der Waals surface area contributed by atoms with Crippen LogP contribution in [-0.4, -0.2) is 21.8 Å². The number of ketones is 1. The molecule has 1 amide bonds. The summed E-state index contributed by atoms with van der Waals surface area (Å²) < 4.78 is 13.5. The zero-order chi connectivity index (χ0) is 21.6. The molecule has 30 heavy (non-hydrogen) atoms. The lowest BCUT2D eigenvalue weighted by Gasteiger charge is -2.27. The molecule has 2 aromatic carbocycles. The Kier molecular flexibility index (Phi) is 5.17. The summed E-state index contributed by atoms with van der Waals surface area (Å²) in [7, 11) is 0. The molecule has 0 aliphatic carbocycles. The molecule has 4 rings (SSSR count). The number of aliphatic hydroxyl groups excluding tert-OH is 1. The number of hydrogen-bond acceptors (Lipinski definition) is 5. The highest BCUT2D eigenvalue weighted by Crippen LogP contribution is 2.43. The van der Waals surface area contributed by atoms with Gasteiger partial charge >= 0.3 is 0 Å². The summed E-state index contributed by atoms with van der Waals surface area (Å²) >= 11 is 7.30. The van der Waals surface area contributed by atoms with Crippen molar-refractivity contribution in [2.45, 2.75) is 19.9 Å². The minimum atomic E-state index is -0.939. The van der Waals surface area contributed by atoms with Crippen LogP contribution in [0.5, 0.6) is 0 Å². The zero-order valence-electron chi connectivity index (χ0n) is 16.0. The number of benzene rings is 2. The summed E-state index contributed by atoms with van der Waals surface area (Å²) in [6.45, 7) is 3.48. The number of anilines is 1. The first kappa shape index (κ1) is 20.3. The molecule has 1 aliphatic heterocycles. The third-order valence-electron chi connectivity index (χ3n) is 4.83. The van der Waals surface area contributed by atoms with Crippen molar-refractivity contribution in [3.05, 3.63) is 91.8 Å². The van der Waals surface area contributed by atoms with Crippen LogP contribution >= 0.6 is 22.9 Å². The number of hydrogen-bond donors (Lipinski definition) is 1. The van der Waals surface area contributed by atoms with Crippen LogP contribution in [0.3, 0.4) is 0 Å². The maximum Gasteiger partial charge on any atom is 0.294 e. The highest BCUT2D eigenvalue weighted by atomic mass is 35.5. The Labute approximate surface area is 181 Å². The Morgan fingerprint density at radius 2 is 1.90 bits per heavy atom. The SMILES string of the molecule is Cc1nc(C)c(C(=O)C2=C(O)C(=O)N(c3cccc(Cl)c3)C2c2ccc(F)cc2)s1. The van der Waals surface area contributed by atoms with E-state index in [4.69, 9.17) is 11.6 Å². The number of carbonyl (C=O) groups is 2. The van der Waals surface area contributed by atoms with E-state index in [-0.39, 0.29) is 5.57 Å². The van der Waals surface area contributed by atoms with Gasteiger partial charge in [0.05, 0.1) is 27.2 Å². The number of amides is 1. The van der Waals surface area contributed by atoms with Crippen LogP contribution in [0.25, 0.3) is 0 Å². The normalized spacial score (nSPS) is 16.5. The van der Waals surface area contributed by atoms with Crippen molar-refractivity contribution in [3.8, 4) is 0 Å². The molecule has 1 atom stereocenters. The minimum absolute atomic E-state index is 0.0710. The molecule has 0 bridgehead atoms. The maximum atomic E-state index is 13.5. The first-order valence-electron chi connectivity index (χ1n) is 9.04. The second-order valence-electron chi connectivity index (χ2n) is 6.85. The van der Waals surface area contributed by atoms with Crippen LogP contribution in [-0.2, 0) is 4.79 Å². The van der Waals surface area contributed by atoms with E-state index in [1.807, 2.05) is 0 Å². The lowest BCUT2D eigenvalue weighted by molar-refractivity contribution is -0.117. The highest BCUT2D eigenvalue weighted by molar-refractivity contribution is 7.14. The molecule has 1 aromatic heterocycles. The van der Waals surface area contributed by atoms with E-state index in [9.17, 15) is 19.1 Å². The third kappa shape index (κ3) is 3.40. The molecule has 0 spiro atoms. The minimum Gasteiger partial charge on any atom is -0.503 e. The fraction of sp³-hybridized carbons (Fsp3) is 0.136. The van der Waals surface area contributed by atoms with Crippen molar-refractivity contribution in [3.63, 3.8) is 0 Å². The molecule has 8 heteroatoms. The van der Waals surface area contributed by atoms with Gasteiger partial charge in [-0.25, -0.2) is 9.37 Å². The number of thiazole rings is 1. The summed E-state index contributed by atoms with van der Waals surface area (Å²) in [4.78, 5) is 32.4. The van der Waals surface area contributed by atoms with Crippen LogP contribution in [0.2, 0.25) is 5.02 Å². The van der Waals surface area contributed by atoms with Crippen molar-refractivity contribution < 1.29 is 19.1 Å². The van der Waals surface area contributed by atoms with E-state index in [0.29, 0.717) is 31.9 Å². The molecule has 5 nitrogen and oxygen atoms in total. The maximum absolute atomic E-state index is 13.5. The standard InChI is InChI=1S/C22H16ClFN2O3S/c1-11-21(30-12(2)25-11)19(27)17-18(13-6-8-15(24)9-7-13)26(22(29)20(17)28)16-5-3-4-14(23)10-16/h3-10,18,28H,1-2H3. The van der Waals surface area contributed by atoms with Crippen molar-refractivity contribution in [2.75, 3.05) is 4.90 Å². The van der Waals surface area contributed by atoms with Gasteiger partial charge in [0.1, 0.15) is 5.82 Å². The van der Waals surface area contributed by atoms with Crippen LogP contribution < -0.4 is 4.90 Å². The summed E-state index contributed by atoms with van der Waals surface area (Å²) in [5.74, 6) is -2.30. The van der Waals surface area contributed by atoms with E-state index in [0.717, 1.165) is 0 Å². The number of carbonyl (C=O) groups excluding carboxylic acids is 2. The Hall–Kier alpha value is -3.03. The Morgan fingerprint density at radius 3 is 2.50 bits per heavy atom. The molecule has 3 aromatic rings. The Balaban J connectivity index is 1.90. The lowest BCUT2D eigenvalue weighted by Crippen LogP contribution is -2.31. The van der Waals surface area contributed by atoms with Gasteiger partial charge in [0.15, 0.2) is 5.76 Å². The van der Waals surface area contributed by atoms with E-state index in [2.05, 4.69) is 4.98 Å². The summed E-state index contributed by atoms with van der Waals surface area (Å²) in [6.07, 6.45) is 0. The molecule has 0 saturated heterocycles. The van der Waals surface area contributed by atoms with Crippen LogP contribution in [0.1, 0.15) is 32.0 Å². The van der Waals surface area contributed by atoms with Gasteiger partial charge in [0, 0.05) is 10.7 Å². The third-order valence-corrected chi connectivity index (χ3v) is 6.14. The van der Waals surface area contributed by atoms with Gasteiger partial charge in [-0.3, -0.25) is 14.5 Å². The fourth-order valence-electron chi connectivity index (χ4n) is 3.55. The van der Waals surface area contributed by atoms with E-state index < -0.39 is 29.3 Å².